The van der Waals surface area contributed by atoms with Crippen molar-refractivity contribution in [1.29, 1.82) is 0 Å². The van der Waals surface area contributed by atoms with Crippen molar-refractivity contribution in [2.45, 2.75) is 181 Å². The average molecular weight is 765 g/mol. The smallest absolute Gasteiger partial charge is 0.305 e. The van der Waals surface area contributed by atoms with Crippen LogP contribution in [0.25, 0.3) is 0 Å². The molecule has 0 aromatic rings. The van der Waals surface area contributed by atoms with Gasteiger partial charge in [0.15, 0.2) is 0 Å². The molecule has 6 amide bonds. The number of aliphatic carboxylic acids is 1. The molecule has 15 heteroatoms. The molecule has 0 bridgehead atoms. The van der Waals surface area contributed by atoms with Crippen LogP contribution < -0.4 is 26.6 Å². The molecule has 0 aromatic carbocycles. The first-order valence-electron chi connectivity index (χ1n) is 19.5. The lowest BCUT2D eigenvalue weighted by molar-refractivity contribution is -0.146. The first-order chi connectivity index (χ1) is 24.9. The van der Waals surface area contributed by atoms with E-state index in [0.29, 0.717) is 25.8 Å². The second-order valence-electron chi connectivity index (χ2n) is 16.7. The van der Waals surface area contributed by atoms with Gasteiger partial charge in [-0.2, -0.15) is 0 Å². The molecule has 1 saturated heterocycles. The molecule has 1 heterocycles. The second kappa shape index (κ2) is 21.2. The summed E-state index contributed by atoms with van der Waals surface area (Å²) in [4.78, 5) is 105. The Hall–Kier alpha value is -4.04. The molecule has 0 aromatic heterocycles. The molecule has 54 heavy (non-hydrogen) atoms. The number of unbranched alkanes of at least 4 members (excludes halogenated alkanes) is 8. The number of likely N-dealkylation sites (tertiary alicyclic amines) is 1. The molecule has 1 unspecified atom stereocenters. The highest BCUT2D eigenvalue weighted by atomic mass is 16.4. The molecular weight excluding hydrogens is 696 g/mol. The normalized spacial score (nSPS) is 15.5. The fourth-order valence-electron chi connectivity index (χ4n) is 5.96. The van der Waals surface area contributed by atoms with Crippen LogP contribution in [0.3, 0.4) is 0 Å². The minimum absolute atomic E-state index is 0.130. The minimum Gasteiger partial charge on any atom is -0.481 e. The minimum atomic E-state index is -1.57. The highest BCUT2D eigenvalue weighted by molar-refractivity contribution is 6.03. The predicted molar refractivity (Wildman–Crippen MR) is 205 cm³/mol. The third-order valence-electron chi connectivity index (χ3n) is 9.83. The van der Waals surface area contributed by atoms with Crippen LogP contribution in [0.5, 0.6) is 0 Å². The SMILES string of the molecule is CCCCCCCCCCCC(=O)C(C)C(=O)N1CCC[C@H]1C(=O)NC(C)(C)C(=O)NC(C)(C)C(=O)NC(C)(C)C(=O)NC(C)(C)C(=O)NCCC(=O)O. The summed E-state index contributed by atoms with van der Waals surface area (Å²) in [6.45, 7) is 15.5. The lowest BCUT2D eigenvalue weighted by Gasteiger charge is -2.36. The first kappa shape index (κ1) is 48.0. The predicted octanol–water partition coefficient (Wildman–Crippen LogP) is 3.27. The van der Waals surface area contributed by atoms with Gasteiger partial charge in [-0.25, -0.2) is 0 Å². The van der Waals surface area contributed by atoms with E-state index < -0.39 is 75.5 Å². The molecule has 1 rings (SSSR count). The van der Waals surface area contributed by atoms with Gasteiger partial charge in [0.1, 0.15) is 34.0 Å². The van der Waals surface area contributed by atoms with Crippen LogP contribution in [0.15, 0.2) is 0 Å². The van der Waals surface area contributed by atoms with Gasteiger partial charge in [0.25, 0.3) is 0 Å². The van der Waals surface area contributed by atoms with Gasteiger partial charge >= 0.3 is 5.97 Å². The third kappa shape index (κ3) is 15.4. The molecule has 15 nitrogen and oxygen atoms in total. The Kier molecular flexibility index (Phi) is 18.8. The Morgan fingerprint density at radius 2 is 1.06 bits per heavy atom. The number of hydrogen-bond donors (Lipinski definition) is 6. The van der Waals surface area contributed by atoms with Gasteiger partial charge in [-0.3, -0.25) is 38.4 Å². The van der Waals surface area contributed by atoms with Gasteiger partial charge in [0.05, 0.1) is 12.3 Å². The summed E-state index contributed by atoms with van der Waals surface area (Å²) in [7, 11) is 0. The standard InChI is InChI=1S/C39H68N6O9/c1-11-12-13-14-15-16-17-18-19-22-28(46)26(2)31(50)45-25-20-21-27(45)30(49)41-37(5,6)33(52)43-39(9,10)35(54)44-38(7,8)34(53)42-36(3,4)32(51)40-24-23-29(47)48/h26-27H,11-25H2,1-10H3,(H,40,51)(H,41,49)(H,42,53)(H,43,52)(H,44,54)(H,47,48)/t26?,27-/m0/s1. The van der Waals surface area contributed by atoms with Crippen LogP contribution in [0.4, 0.5) is 0 Å². The van der Waals surface area contributed by atoms with Crippen molar-refractivity contribution in [3.05, 3.63) is 0 Å². The number of carboxylic acids is 1. The van der Waals surface area contributed by atoms with Crippen LogP contribution in [-0.2, 0) is 38.4 Å². The van der Waals surface area contributed by atoms with Gasteiger partial charge in [0, 0.05) is 19.5 Å². The van der Waals surface area contributed by atoms with Crippen molar-refractivity contribution in [3.63, 3.8) is 0 Å². The monoisotopic (exact) mass is 765 g/mol. The summed E-state index contributed by atoms with van der Waals surface area (Å²) >= 11 is 0. The topological polar surface area (TPSA) is 220 Å². The molecule has 1 aliphatic heterocycles. The number of ketones is 1. The summed E-state index contributed by atoms with van der Waals surface area (Å²) in [5.74, 6) is -5.80. The fourth-order valence-corrected chi connectivity index (χ4v) is 5.96. The largest absolute Gasteiger partial charge is 0.481 e. The van der Waals surface area contributed by atoms with Gasteiger partial charge in [-0.15, -0.1) is 0 Å². The molecular formula is C39H68N6O9. The van der Waals surface area contributed by atoms with E-state index in [4.69, 9.17) is 5.11 Å². The number of Topliss-reactive ketones (excluding diaryl/α,β-unsaturated/α-hetero) is 1. The van der Waals surface area contributed by atoms with Crippen molar-refractivity contribution >= 4 is 47.2 Å². The second-order valence-corrected chi connectivity index (χ2v) is 16.7. The highest BCUT2D eigenvalue weighted by Gasteiger charge is 2.44. The summed E-state index contributed by atoms with van der Waals surface area (Å²) in [5.41, 5.74) is -6.08. The quantitative estimate of drug-likeness (QED) is 0.0627. The van der Waals surface area contributed by atoms with E-state index >= 15 is 0 Å². The van der Waals surface area contributed by atoms with Crippen molar-refractivity contribution in [3.8, 4) is 0 Å². The molecule has 0 spiro atoms. The number of carbonyl (C=O) groups is 8. The maximum atomic E-state index is 13.5. The molecule has 1 aliphatic rings. The zero-order valence-electron chi connectivity index (χ0n) is 34.4. The van der Waals surface area contributed by atoms with Crippen LogP contribution in [0, 0.1) is 5.92 Å². The molecule has 1 fully saturated rings. The fraction of sp³-hybridized carbons (Fsp3) is 0.795. The molecule has 0 saturated carbocycles. The lowest BCUT2D eigenvalue weighted by atomic mass is 9.95. The van der Waals surface area contributed by atoms with Gasteiger partial charge in [-0.05, 0) is 81.6 Å². The number of amides is 6. The van der Waals surface area contributed by atoms with Crippen LogP contribution >= 0.6 is 0 Å². The summed E-state index contributed by atoms with van der Waals surface area (Å²) in [5, 5.41) is 21.7. The van der Waals surface area contributed by atoms with E-state index in [9.17, 15) is 38.4 Å². The summed E-state index contributed by atoms with van der Waals surface area (Å²) in [6.07, 6.45) is 11.0. The van der Waals surface area contributed by atoms with Crippen LogP contribution in [0.2, 0.25) is 0 Å². The average Bonchev–Trinajstić information content (AvgIpc) is 3.56. The Bertz CT molecular complexity index is 1360. The molecule has 0 aliphatic carbocycles. The van der Waals surface area contributed by atoms with Gasteiger partial charge in [0.2, 0.25) is 35.4 Å². The number of nitrogens with one attached hydrogen (secondary N) is 5. The Morgan fingerprint density at radius 3 is 1.52 bits per heavy atom. The Morgan fingerprint density at radius 1 is 0.630 bits per heavy atom. The molecule has 2 atom stereocenters. The number of carboxylic acid groups (broad SMARTS) is 1. The Labute approximate surface area is 321 Å². The number of hydrogen-bond acceptors (Lipinski definition) is 8. The van der Waals surface area contributed by atoms with E-state index in [1.807, 2.05) is 0 Å². The van der Waals surface area contributed by atoms with Crippen LogP contribution in [-0.4, -0.2) is 98.5 Å². The Balaban J connectivity index is 2.76. The molecule has 6 N–H and O–H groups in total. The van der Waals surface area contributed by atoms with E-state index in [1.165, 1.54) is 92.4 Å². The highest BCUT2D eigenvalue weighted by Crippen LogP contribution is 2.23. The van der Waals surface area contributed by atoms with E-state index in [0.717, 1.165) is 25.7 Å². The summed E-state index contributed by atoms with van der Waals surface area (Å²) < 4.78 is 0. The van der Waals surface area contributed by atoms with Gasteiger partial charge in [-0.1, -0.05) is 58.3 Å². The summed E-state index contributed by atoms with van der Waals surface area (Å²) in [6, 6.07) is -0.855. The molecule has 0 radical (unpaired) electrons. The third-order valence-corrected chi connectivity index (χ3v) is 9.83. The van der Waals surface area contributed by atoms with Gasteiger partial charge < -0.3 is 36.6 Å². The maximum absolute atomic E-state index is 13.5. The number of rotatable bonds is 24. The van der Waals surface area contributed by atoms with Crippen LogP contribution in [0.1, 0.15) is 153 Å². The lowest BCUT2D eigenvalue weighted by Crippen LogP contribution is -2.68. The van der Waals surface area contributed by atoms with Crippen molar-refractivity contribution in [1.82, 2.24) is 31.5 Å². The number of nitrogens with zero attached hydrogens (tertiary/aromatic N) is 1. The zero-order valence-corrected chi connectivity index (χ0v) is 34.4. The van der Waals surface area contributed by atoms with E-state index in [2.05, 4.69) is 33.5 Å². The maximum Gasteiger partial charge on any atom is 0.305 e. The molecule has 308 valence electrons. The zero-order chi connectivity index (χ0) is 41.5. The van der Waals surface area contributed by atoms with Crippen molar-refractivity contribution < 1.29 is 43.5 Å². The van der Waals surface area contributed by atoms with Crippen molar-refractivity contribution in [2.75, 3.05) is 13.1 Å². The van der Waals surface area contributed by atoms with E-state index in [1.54, 1.807) is 6.92 Å². The van der Waals surface area contributed by atoms with Crippen molar-refractivity contribution in [2.24, 2.45) is 5.92 Å². The first-order valence-corrected chi connectivity index (χ1v) is 19.5. The van der Waals surface area contributed by atoms with E-state index in [-0.39, 0.29) is 18.7 Å². The number of carbonyl (C=O) groups excluding carboxylic acids is 7.